The van der Waals surface area contributed by atoms with E-state index in [1.54, 1.807) is 24.5 Å². The number of halogens is 3. The lowest BCUT2D eigenvalue weighted by molar-refractivity contribution is -0.274. The maximum atomic E-state index is 12.5. The molecule has 1 aromatic carbocycles. The van der Waals surface area contributed by atoms with Gasteiger partial charge in [0.2, 0.25) is 5.95 Å². The molecule has 2 aromatic heterocycles. The molecule has 6 nitrogen and oxygen atoms in total. The molecule has 2 N–H and O–H groups in total. The van der Waals surface area contributed by atoms with Crippen molar-refractivity contribution in [2.24, 2.45) is 0 Å². The van der Waals surface area contributed by atoms with E-state index in [1.165, 1.54) is 18.2 Å². The van der Waals surface area contributed by atoms with Crippen LogP contribution in [0.2, 0.25) is 0 Å². The molecule has 0 atom stereocenters. The predicted octanol–water partition coefficient (Wildman–Crippen LogP) is 4.68. The van der Waals surface area contributed by atoms with Crippen molar-refractivity contribution in [3.05, 3.63) is 54.5 Å². The fourth-order valence-corrected chi connectivity index (χ4v) is 2.37. The molecule has 2 heterocycles. The van der Waals surface area contributed by atoms with Crippen LogP contribution in [-0.2, 0) is 6.54 Å². The van der Waals surface area contributed by atoms with Crippen molar-refractivity contribution in [3.8, 4) is 17.0 Å². The standard InChI is InChI=1S/C18H17F3N4O2/c1-2-22-17-24-15(10-16(25-17)23-11-14-7-4-8-26-14)12-5-3-6-13(9-12)27-18(19,20)21/h3-10H,2,11H2,1H3,(H2,22,23,24,25). The van der Waals surface area contributed by atoms with Gasteiger partial charge in [-0.1, -0.05) is 12.1 Å². The normalized spacial score (nSPS) is 11.3. The number of rotatable bonds is 7. The zero-order chi connectivity index (χ0) is 19.3. The number of nitrogens with zero attached hydrogens (tertiary/aromatic N) is 2. The number of nitrogens with one attached hydrogen (secondary N) is 2. The van der Waals surface area contributed by atoms with Crippen molar-refractivity contribution in [1.82, 2.24) is 9.97 Å². The van der Waals surface area contributed by atoms with Crippen molar-refractivity contribution in [2.45, 2.75) is 19.8 Å². The fraction of sp³-hybridized carbons (Fsp3) is 0.222. The number of anilines is 2. The highest BCUT2D eigenvalue weighted by Gasteiger charge is 2.31. The van der Waals surface area contributed by atoms with Crippen LogP contribution in [0.15, 0.2) is 53.1 Å². The maximum absolute atomic E-state index is 12.5. The number of alkyl halides is 3. The molecule has 0 unspecified atom stereocenters. The molecular formula is C18H17F3N4O2. The molecule has 0 spiro atoms. The number of benzene rings is 1. The smallest absolute Gasteiger partial charge is 0.467 e. The highest BCUT2D eigenvalue weighted by molar-refractivity contribution is 5.65. The lowest BCUT2D eigenvalue weighted by Gasteiger charge is -2.12. The van der Waals surface area contributed by atoms with Crippen molar-refractivity contribution in [2.75, 3.05) is 17.2 Å². The van der Waals surface area contributed by atoms with E-state index in [0.717, 1.165) is 5.76 Å². The first kappa shape index (κ1) is 18.6. The van der Waals surface area contributed by atoms with Gasteiger partial charge in [0, 0.05) is 18.2 Å². The van der Waals surface area contributed by atoms with E-state index in [0.29, 0.717) is 36.1 Å². The first-order chi connectivity index (χ1) is 12.9. The summed E-state index contributed by atoms with van der Waals surface area (Å²) in [6.07, 6.45) is -3.19. The van der Waals surface area contributed by atoms with Gasteiger partial charge in [-0.15, -0.1) is 13.2 Å². The van der Waals surface area contributed by atoms with Gasteiger partial charge in [0.1, 0.15) is 17.3 Å². The van der Waals surface area contributed by atoms with E-state index in [9.17, 15) is 13.2 Å². The minimum Gasteiger partial charge on any atom is -0.467 e. The van der Waals surface area contributed by atoms with Gasteiger partial charge in [-0.05, 0) is 31.2 Å². The third-order valence-corrected chi connectivity index (χ3v) is 3.45. The molecule has 0 radical (unpaired) electrons. The van der Waals surface area contributed by atoms with Crippen molar-refractivity contribution < 1.29 is 22.3 Å². The predicted molar refractivity (Wildman–Crippen MR) is 94.3 cm³/mol. The second kappa shape index (κ2) is 7.98. The second-order valence-electron chi connectivity index (χ2n) is 5.50. The molecule has 3 aromatic rings. The third kappa shape index (κ3) is 5.37. The summed E-state index contributed by atoms with van der Waals surface area (Å²) in [6.45, 7) is 2.90. The Morgan fingerprint density at radius 2 is 1.93 bits per heavy atom. The van der Waals surface area contributed by atoms with Crippen LogP contribution in [0.4, 0.5) is 24.9 Å². The van der Waals surface area contributed by atoms with E-state index in [-0.39, 0.29) is 5.75 Å². The molecule has 0 amide bonds. The topological polar surface area (TPSA) is 72.2 Å². The molecular weight excluding hydrogens is 361 g/mol. The Hall–Kier alpha value is -3.23. The number of aromatic nitrogens is 2. The molecule has 0 aliphatic heterocycles. The van der Waals surface area contributed by atoms with E-state index in [2.05, 4.69) is 25.3 Å². The summed E-state index contributed by atoms with van der Waals surface area (Å²) < 4.78 is 46.6. The minimum absolute atomic E-state index is 0.311. The molecule has 0 aliphatic rings. The third-order valence-electron chi connectivity index (χ3n) is 3.45. The number of ether oxygens (including phenoxy) is 1. The van der Waals surface area contributed by atoms with Gasteiger partial charge < -0.3 is 19.8 Å². The second-order valence-corrected chi connectivity index (χ2v) is 5.50. The molecule has 27 heavy (non-hydrogen) atoms. The summed E-state index contributed by atoms with van der Waals surface area (Å²) >= 11 is 0. The lowest BCUT2D eigenvalue weighted by Crippen LogP contribution is -2.17. The number of hydrogen-bond donors (Lipinski definition) is 2. The number of hydrogen-bond acceptors (Lipinski definition) is 6. The molecule has 142 valence electrons. The van der Waals surface area contributed by atoms with Gasteiger partial charge in [0.05, 0.1) is 18.5 Å². The Bertz CT molecular complexity index is 883. The Labute approximate surface area is 153 Å². The fourth-order valence-electron chi connectivity index (χ4n) is 2.37. The molecule has 0 bridgehead atoms. The lowest BCUT2D eigenvalue weighted by atomic mass is 10.1. The molecule has 9 heteroatoms. The maximum Gasteiger partial charge on any atom is 0.573 e. The molecule has 0 saturated carbocycles. The average Bonchev–Trinajstić information content (AvgIpc) is 3.12. The largest absolute Gasteiger partial charge is 0.573 e. The SMILES string of the molecule is CCNc1nc(NCc2ccco2)cc(-c2cccc(OC(F)(F)F)c2)n1. The highest BCUT2D eigenvalue weighted by atomic mass is 19.4. The first-order valence-corrected chi connectivity index (χ1v) is 8.18. The summed E-state index contributed by atoms with van der Waals surface area (Å²) in [5, 5.41) is 6.12. The average molecular weight is 378 g/mol. The van der Waals surface area contributed by atoms with E-state index < -0.39 is 6.36 Å². The van der Waals surface area contributed by atoms with E-state index in [4.69, 9.17) is 4.42 Å². The van der Waals surface area contributed by atoms with Gasteiger partial charge in [0.15, 0.2) is 0 Å². The zero-order valence-electron chi connectivity index (χ0n) is 14.4. The van der Waals surface area contributed by atoms with Crippen molar-refractivity contribution in [3.63, 3.8) is 0 Å². The minimum atomic E-state index is -4.75. The summed E-state index contributed by atoms with van der Waals surface area (Å²) in [4.78, 5) is 8.70. The van der Waals surface area contributed by atoms with Crippen LogP contribution in [0.25, 0.3) is 11.3 Å². The summed E-state index contributed by atoms with van der Waals surface area (Å²) in [5.74, 6) is 1.28. The van der Waals surface area contributed by atoms with Crippen LogP contribution in [0.5, 0.6) is 5.75 Å². The van der Waals surface area contributed by atoms with Crippen LogP contribution in [-0.4, -0.2) is 22.9 Å². The monoisotopic (exact) mass is 378 g/mol. The summed E-state index contributed by atoms with van der Waals surface area (Å²) in [6, 6.07) is 10.9. The Morgan fingerprint density at radius 3 is 2.63 bits per heavy atom. The molecule has 0 aliphatic carbocycles. The summed E-state index contributed by atoms with van der Waals surface area (Å²) in [7, 11) is 0. The van der Waals surface area contributed by atoms with Gasteiger partial charge in [-0.3, -0.25) is 0 Å². The molecule has 0 saturated heterocycles. The Kier molecular flexibility index (Phi) is 5.49. The first-order valence-electron chi connectivity index (χ1n) is 8.18. The van der Waals surface area contributed by atoms with Crippen LogP contribution < -0.4 is 15.4 Å². The van der Waals surface area contributed by atoms with Crippen LogP contribution in [0.1, 0.15) is 12.7 Å². The van der Waals surface area contributed by atoms with Crippen LogP contribution >= 0.6 is 0 Å². The van der Waals surface area contributed by atoms with E-state index in [1.807, 2.05) is 13.0 Å². The van der Waals surface area contributed by atoms with Crippen LogP contribution in [0, 0.1) is 0 Å². The molecule has 3 rings (SSSR count). The highest BCUT2D eigenvalue weighted by Crippen LogP contribution is 2.28. The van der Waals surface area contributed by atoms with Gasteiger partial charge in [0.25, 0.3) is 0 Å². The Morgan fingerprint density at radius 1 is 1.07 bits per heavy atom. The van der Waals surface area contributed by atoms with Gasteiger partial charge in [-0.2, -0.15) is 4.98 Å². The van der Waals surface area contributed by atoms with Gasteiger partial charge >= 0.3 is 6.36 Å². The summed E-state index contributed by atoms with van der Waals surface area (Å²) in [5.41, 5.74) is 0.926. The van der Waals surface area contributed by atoms with Crippen molar-refractivity contribution in [1.29, 1.82) is 0 Å². The van der Waals surface area contributed by atoms with E-state index >= 15 is 0 Å². The molecule has 0 fully saturated rings. The van der Waals surface area contributed by atoms with Crippen molar-refractivity contribution >= 4 is 11.8 Å². The van der Waals surface area contributed by atoms with Crippen LogP contribution in [0.3, 0.4) is 0 Å². The Balaban J connectivity index is 1.88. The number of furan rings is 1. The quantitative estimate of drug-likeness (QED) is 0.622. The zero-order valence-corrected chi connectivity index (χ0v) is 14.4. The van der Waals surface area contributed by atoms with Gasteiger partial charge in [-0.25, -0.2) is 4.98 Å².